The van der Waals surface area contributed by atoms with Crippen molar-refractivity contribution >= 4 is 12.0 Å². The fourth-order valence-electron chi connectivity index (χ4n) is 1.96. The molecule has 0 radical (unpaired) electrons. The summed E-state index contributed by atoms with van der Waals surface area (Å²) in [6.45, 7) is 0.374. The van der Waals surface area contributed by atoms with Crippen molar-refractivity contribution in [3.63, 3.8) is 0 Å². The van der Waals surface area contributed by atoms with E-state index in [1.165, 1.54) is 6.08 Å². The first-order chi connectivity index (χ1) is 10.8. The van der Waals surface area contributed by atoms with Gasteiger partial charge in [0.2, 0.25) is 5.91 Å². The smallest absolute Gasteiger partial charge is 0.244 e. The van der Waals surface area contributed by atoms with Crippen molar-refractivity contribution in [2.24, 2.45) is 0 Å². The normalized spacial score (nSPS) is 10.9. The highest BCUT2D eigenvalue weighted by atomic mass is 16.3. The van der Waals surface area contributed by atoms with Crippen molar-refractivity contribution in [1.82, 2.24) is 15.1 Å². The number of aromatic nitrogens is 2. The maximum Gasteiger partial charge on any atom is 0.244 e. The monoisotopic (exact) mass is 293 g/mol. The van der Waals surface area contributed by atoms with Crippen LogP contribution in [0.1, 0.15) is 11.3 Å². The molecule has 110 valence electrons. The summed E-state index contributed by atoms with van der Waals surface area (Å²) in [6.07, 6.45) is 8.36. The quantitative estimate of drug-likeness (QED) is 0.736. The van der Waals surface area contributed by atoms with Gasteiger partial charge in [-0.05, 0) is 30.3 Å². The average molecular weight is 293 g/mol. The van der Waals surface area contributed by atoms with E-state index in [0.717, 1.165) is 17.0 Å². The highest BCUT2D eigenvalue weighted by Gasteiger charge is 2.00. The Morgan fingerprint density at radius 2 is 2.09 bits per heavy atom. The van der Waals surface area contributed by atoms with Crippen molar-refractivity contribution in [2.75, 3.05) is 0 Å². The molecule has 2 heterocycles. The number of carbonyl (C=O) groups is 1. The molecule has 0 unspecified atom stereocenters. The molecule has 0 aliphatic carbocycles. The van der Waals surface area contributed by atoms with Crippen LogP contribution in [0, 0.1) is 0 Å². The van der Waals surface area contributed by atoms with Gasteiger partial charge in [0.15, 0.2) is 0 Å². The fraction of sp³-hybridized carbons (Fsp3) is 0.0588. The average Bonchev–Trinajstić information content (AvgIpc) is 3.23. The molecule has 0 atom stereocenters. The van der Waals surface area contributed by atoms with Crippen molar-refractivity contribution in [3.8, 4) is 5.69 Å². The largest absolute Gasteiger partial charge is 0.467 e. The Kier molecular flexibility index (Phi) is 4.15. The summed E-state index contributed by atoms with van der Waals surface area (Å²) in [5, 5.41) is 7.02. The van der Waals surface area contributed by atoms with Gasteiger partial charge in [-0.1, -0.05) is 18.2 Å². The third-order valence-electron chi connectivity index (χ3n) is 3.07. The van der Waals surface area contributed by atoms with Gasteiger partial charge < -0.3 is 9.73 Å². The standard InChI is InChI=1S/C17H15N3O2/c21-17(18-12-16-7-4-10-22-16)9-8-14-11-19-20(13-14)15-5-2-1-3-6-15/h1-11,13H,12H2,(H,18,21)/b9-8+. The summed E-state index contributed by atoms with van der Waals surface area (Å²) in [6, 6.07) is 13.4. The molecule has 0 saturated heterocycles. The number of furan rings is 1. The summed E-state index contributed by atoms with van der Waals surface area (Å²) in [5.41, 5.74) is 1.83. The number of rotatable bonds is 5. The Labute approximate surface area is 127 Å². The van der Waals surface area contributed by atoms with Crippen LogP contribution >= 0.6 is 0 Å². The zero-order chi connectivity index (χ0) is 15.2. The first kappa shape index (κ1) is 13.9. The Morgan fingerprint density at radius 1 is 1.23 bits per heavy atom. The van der Waals surface area contributed by atoms with Crippen molar-refractivity contribution in [3.05, 3.63) is 78.5 Å². The van der Waals surface area contributed by atoms with Crippen LogP contribution in [0.4, 0.5) is 0 Å². The lowest BCUT2D eigenvalue weighted by Crippen LogP contribution is -2.19. The van der Waals surface area contributed by atoms with E-state index in [9.17, 15) is 4.79 Å². The van der Waals surface area contributed by atoms with Crippen molar-refractivity contribution < 1.29 is 9.21 Å². The second-order valence-electron chi connectivity index (χ2n) is 4.68. The number of para-hydroxylation sites is 1. The maximum absolute atomic E-state index is 11.7. The van der Waals surface area contributed by atoms with Gasteiger partial charge in [-0.25, -0.2) is 4.68 Å². The molecule has 0 aliphatic heterocycles. The molecule has 1 N–H and O–H groups in total. The molecule has 0 bridgehead atoms. The summed E-state index contributed by atoms with van der Waals surface area (Å²) >= 11 is 0. The number of hydrogen-bond donors (Lipinski definition) is 1. The van der Waals surface area contributed by atoms with Gasteiger partial charge >= 0.3 is 0 Å². The number of carbonyl (C=O) groups excluding carboxylic acids is 1. The predicted molar refractivity (Wildman–Crippen MR) is 83.2 cm³/mol. The number of amides is 1. The minimum atomic E-state index is -0.177. The van der Waals surface area contributed by atoms with E-state index in [2.05, 4.69) is 10.4 Å². The first-order valence-corrected chi connectivity index (χ1v) is 6.90. The van der Waals surface area contributed by atoms with Crippen LogP contribution < -0.4 is 5.32 Å². The molecule has 3 rings (SSSR count). The predicted octanol–water partition coefficient (Wildman–Crippen LogP) is 2.79. The van der Waals surface area contributed by atoms with E-state index in [-0.39, 0.29) is 5.91 Å². The van der Waals surface area contributed by atoms with E-state index < -0.39 is 0 Å². The number of nitrogens with one attached hydrogen (secondary N) is 1. The number of nitrogens with zero attached hydrogens (tertiary/aromatic N) is 2. The van der Waals surface area contributed by atoms with Gasteiger partial charge in [0.05, 0.1) is 24.7 Å². The molecule has 5 nitrogen and oxygen atoms in total. The van der Waals surface area contributed by atoms with Gasteiger partial charge in [-0.15, -0.1) is 0 Å². The molecule has 1 aromatic carbocycles. The molecular weight excluding hydrogens is 278 g/mol. The highest BCUT2D eigenvalue weighted by molar-refractivity contribution is 5.91. The van der Waals surface area contributed by atoms with Gasteiger partial charge in [-0.2, -0.15) is 5.10 Å². The van der Waals surface area contributed by atoms with Crippen molar-refractivity contribution in [2.45, 2.75) is 6.54 Å². The minimum Gasteiger partial charge on any atom is -0.467 e. The lowest BCUT2D eigenvalue weighted by molar-refractivity contribution is -0.116. The van der Waals surface area contributed by atoms with Gasteiger partial charge in [0.25, 0.3) is 0 Å². The molecule has 3 aromatic rings. The summed E-state index contributed by atoms with van der Waals surface area (Å²) in [4.78, 5) is 11.7. The first-order valence-electron chi connectivity index (χ1n) is 6.90. The second kappa shape index (κ2) is 6.58. The Hall–Kier alpha value is -3.08. The van der Waals surface area contributed by atoms with Crippen LogP contribution in [-0.4, -0.2) is 15.7 Å². The lowest BCUT2D eigenvalue weighted by atomic mass is 10.3. The molecular formula is C17H15N3O2. The fourth-order valence-corrected chi connectivity index (χ4v) is 1.96. The molecule has 0 spiro atoms. The SMILES string of the molecule is O=C(/C=C/c1cnn(-c2ccccc2)c1)NCc1ccco1. The molecule has 2 aromatic heterocycles. The summed E-state index contributed by atoms with van der Waals surface area (Å²) in [5.74, 6) is 0.544. The van der Waals surface area contributed by atoms with Crippen LogP contribution in [0.25, 0.3) is 11.8 Å². The molecule has 0 saturated carbocycles. The van der Waals surface area contributed by atoms with Crippen LogP contribution in [0.15, 0.2) is 71.6 Å². The lowest BCUT2D eigenvalue weighted by Gasteiger charge is -1.98. The minimum absolute atomic E-state index is 0.177. The highest BCUT2D eigenvalue weighted by Crippen LogP contribution is 2.08. The molecule has 1 amide bonds. The van der Waals surface area contributed by atoms with E-state index in [0.29, 0.717) is 6.54 Å². The zero-order valence-corrected chi connectivity index (χ0v) is 11.8. The van der Waals surface area contributed by atoms with Gasteiger partial charge in [-0.3, -0.25) is 4.79 Å². The molecule has 0 aliphatic rings. The van der Waals surface area contributed by atoms with Gasteiger partial charge in [0.1, 0.15) is 5.76 Å². The number of benzene rings is 1. The Bertz CT molecular complexity index is 758. The van der Waals surface area contributed by atoms with Crippen LogP contribution in [0.3, 0.4) is 0 Å². The van der Waals surface area contributed by atoms with Crippen LogP contribution in [0.5, 0.6) is 0 Å². The number of hydrogen-bond acceptors (Lipinski definition) is 3. The Morgan fingerprint density at radius 3 is 2.86 bits per heavy atom. The Balaban J connectivity index is 1.58. The second-order valence-corrected chi connectivity index (χ2v) is 4.68. The molecule has 0 fully saturated rings. The third kappa shape index (κ3) is 3.52. The van der Waals surface area contributed by atoms with E-state index in [4.69, 9.17) is 4.42 Å². The third-order valence-corrected chi connectivity index (χ3v) is 3.07. The van der Waals surface area contributed by atoms with Crippen molar-refractivity contribution in [1.29, 1.82) is 0 Å². The topological polar surface area (TPSA) is 60.1 Å². The molecule has 22 heavy (non-hydrogen) atoms. The van der Waals surface area contributed by atoms with E-state index >= 15 is 0 Å². The van der Waals surface area contributed by atoms with E-state index in [1.807, 2.05) is 42.6 Å². The van der Waals surface area contributed by atoms with E-state index in [1.54, 1.807) is 29.3 Å². The van der Waals surface area contributed by atoms with Crippen LogP contribution in [0.2, 0.25) is 0 Å². The van der Waals surface area contributed by atoms with Gasteiger partial charge in [0, 0.05) is 17.8 Å². The molecule has 5 heteroatoms. The van der Waals surface area contributed by atoms with Crippen LogP contribution in [-0.2, 0) is 11.3 Å². The maximum atomic E-state index is 11.7. The summed E-state index contributed by atoms with van der Waals surface area (Å²) in [7, 11) is 0. The summed E-state index contributed by atoms with van der Waals surface area (Å²) < 4.78 is 6.91. The zero-order valence-electron chi connectivity index (χ0n) is 11.8.